The van der Waals surface area contributed by atoms with Crippen LogP contribution in [-0.4, -0.2) is 32.6 Å². The van der Waals surface area contributed by atoms with Gasteiger partial charge in [-0.2, -0.15) is 0 Å². The van der Waals surface area contributed by atoms with Gasteiger partial charge in [0.25, 0.3) is 0 Å². The summed E-state index contributed by atoms with van der Waals surface area (Å²) in [4.78, 5) is 22.2. The van der Waals surface area contributed by atoms with Gasteiger partial charge in [-0.1, -0.05) is 0 Å². The fourth-order valence-corrected chi connectivity index (χ4v) is 2.24. The molecule has 4 N–H and O–H groups in total. The first-order chi connectivity index (χ1) is 7.72. The molecule has 6 nitrogen and oxygen atoms in total. The van der Waals surface area contributed by atoms with Crippen LogP contribution in [0.25, 0.3) is 10.7 Å². The van der Waals surface area contributed by atoms with Crippen molar-refractivity contribution < 1.29 is 9.90 Å². The Morgan fingerprint density at radius 3 is 3.00 bits per heavy atom. The van der Waals surface area contributed by atoms with Gasteiger partial charge in [-0.15, -0.1) is 11.3 Å². The lowest BCUT2D eigenvalue weighted by molar-refractivity contribution is 0.0701. The molecule has 0 amide bonds. The average Bonchev–Trinajstić information content (AvgIpc) is 2.83. The maximum atomic E-state index is 11.0. The maximum absolute atomic E-state index is 11.0. The van der Waals surface area contributed by atoms with Gasteiger partial charge in [0, 0.05) is 6.42 Å². The van der Waals surface area contributed by atoms with Gasteiger partial charge in [0.2, 0.25) is 0 Å². The average molecular weight is 238 g/mol. The van der Waals surface area contributed by atoms with Crippen molar-refractivity contribution in [2.45, 2.75) is 6.42 Å². The van der Waals surface area contributed by atoms with Crippen LogP contribution in [0.1, 0.15) is 15.4 Å². The number of carboxylic acid groups (broad SMARTS) is 1. The highest BCUT2D eigenvalue weighted by molar-refractivity contribution is 7.17. The van der Waals surface area contributed by atoms with Crippen molar-refractivity contribution in [1.82, 2.24) is 15.0 Å². The molecule has 0 saturated heterocycles. The molecular weight excluding hydrogens is 228 g/mol. The zero-order valence-corrected chi connectivity index (χ0v) is 9.12. The standard InChI is InChI=1S/C9H10N4O2S/c10-2-1-5-7(9(14)15)16-8(13-5)6-3-11-4-12-6/h3-4H,1-2,10H2,(H,11,12)(H,14,15). The highest BCUT2D eigenvalue weighted by atomic mass is 32.1. The summed E-state index contributed by atoms with van der Waals surface area (Å²) in [6, 6.07) is 0. The number of hydrogen-bond acceptors (Lipinski definition) is 5. The fourth-order valence-electron chi connectivity index (χ4n) is 1.31. The summed E-state index contributed by atoms with van der Waals surface area (Å²) in [7, 11) is 0. The number of nitrogens with two attached hydrogens (primary N) is 1. The van der Waals surface area contributed by atoms with E-state index in [1.807, 2.05) is 0 Å². The normalized spacial score (nSPS) is 10.6. The lowest BCUT2D eigenvalue weighted by Gasteiger charge is -1.93. The summed E-state index contributed by atoms with van der Waals surface area (Å²) >= 11 is 1.13. The monoisotopic (exact) mass is 238 g/mol. The van der Waals surface area contributed by atoms with Crippen LogP contribution in [0, 0.1) is 0 Å². The third-order valence-electron chi connectivity index (χ3n) is 2.00. The summed E-state index contributed by atoms with van der Waals surface area (Å²) < 4.78 is 0. The smallest absolute Gasteiger partial charge is 0.347 e. The van der Waals surface area contributed by atoms with Crippen molar-refractivity contribution in [2.24, 2.45) is 5.73 Å². The van der Waals surface area contributed by atoms with E-state index in [1.54, 1.807) is 6.20 Å². The van der Waals surface area contributed by atoms with Gasteiger partial charge >= 0.3 is 5.97 Å². The number of aromatic nitrogens is 3. The quantitative estimate of drug-likeness (QED) is 0.728. The lowest BCUT2D eigenvalue weighted by Crippen LogP contribution is -2.07. The molecular formula is C9H10N4O2S. The van der Waals surface area contributed by atoms with Crippen LogP contribution in [0.2, 0.25) is 0 Å². The molecule has 84 valence electrons. The number of carboxylic acids is 1. The maximum Gasteiger partial charge on any atom is 0.347 e. The zero-order chi connectivity index (χ0) is 11.5. The van der Waals surface area contributed by atoms with Crippen molar-refractivity contribution in [3.63, 3.8) is 0 Å². The minimum atomic E-state index is -0.966. The Morgan fingerprint density at radius 2 is 2.44 bits per heavy atom. The van der Waals surface area contributed by atoms with Crippen molar-refractivity contribution in [1.29, 1.82) is 0 Å². The molecule has 0 spiro atoms. The van der Waals surface area contributed by atoms with E-state index in [4.69, 9.17) is 10.8 Å². The number of thiazole rings is 1. The second-order valence-corrected chi connectivity index (χ2v) is 4.10. The molecule has 0 aromatic carbocycles. The molecule has 0 unspecified atom stereocenters. The molecule has 2 aromatic rings. The van der Waals surface area contributed by atoms with Gasteiger partial charge in [0.05, 0.1) is 23.9 Å². The molecule has 2 rings (SSSR count). The van der Waals surface area contributed by atoms with E-state index in [0.717, 1.165) is 17.0 Å². The van der Waals surface area contributed by atoms with E-state index >= 15 is 0 Å². The van der Waals surface area contributed by atoms with Crippen LogP contribution in [-0.2, 0) is 6.42 Å². The number of rotatable bonds is 4. The van der Waals surface area contributed by atoms with E-state index in [1.165, 1.54) is 6.33 Å². The number of carbonyl (C=O) groups is 1. The topological polar surface area (TPSA) is 105 Å². The number of nitrogens with one attached hydrogen (secondary N) is 1. The van der Waals surface area contributed by atoms with E-state index in [-0.39, 0.29) is 4.88 Å². The number of hydrogen-bond donors (Lipinski definition) is 3. The van der Waals surface area contributed by atoms with Gasteiger partial charge in [-0.05, 0) is 6.54 Å². The molecule has 2 aromatic heterocycles. The minimum absolute atomic E-state index is 0.245. The minimum Gasteiger partial charge on any atom is -0.477 e. The molecule has 0 saturated carbocycles. The molecule has 0 fully saturated rings. The van der Waals surface area contributed by atoms with Crippen molar-refractivity contribution >= 4 is 17.3 Å². The fraction of sp³-hybridized carbons (Fsp3) is 0.222. The number of nitrogens with zero attached hydrogens (tertiary/aromatic N) is 2. The lowest BCUT2D eigenvalue weighted by atomic mass is 10.3. The van der Waals surface area contributed by atoms with Gasteiger partial charge in [-0.25, -0.2) is 14.8 Å². The zero-order valence-electron chi connectivity index (χ0n) is 8.30. The number of aromatic amines is 1. The highest BCUT2D eigenvalue weighted by Gasteiger charge is 2.17. The third kappa shape index (κ3) is 1.95. The van der Waals surface area contributed by atoms with E-state index in [9.17, 15) is 4.79 Å². The summed E-state index contributed by atoms with van der Waals surface area (Å²) in [5.41, 5.74) is 6.66. The van der Waals surface area contributed by atoms with Crippen LogP contribution in [0.5, 0.6) is 0 Å². The second kappa shape index (κ2) is 4.42. The molecule has 2 heterocycles. The summed E-state index contributed by atoms with van der Waals surface area (Å²) in [5.74, 6) is -0.966. The molecule has 16 heavy (non-hydrogen) atoms. The van der Waals surface area contributed by atoms with Crippen LogP contribution in [0.4, 0.5) is 0 Å². The predicted octanol–water partition coefficient (Wildman–Crippen LogP) is 0.733. The Labute approximate surface area is 95.2 Å². The van der Waals surface area contributed by atoms with Crippen LogP contribution < -0.4 is 5.73 Å². The largest absolute Gasteiger partial charge is 0.477 e. The van der Waals surface area contributed by atoms with Crippen molar-refractivity contribution in [2.75, 3.05) is 6.54 Å². The predicted molar refractivity (Wildman–Crippen MR) is 59.4 cm³/mol. The van der Waals surface area contributed by atoms with Gasteiger partial charge in [-0.3, -0.25) is 0 Å². The molecule has 0 radical (unpaired) electrons. The van der Waals surface area contributed by atoms with Gasteiger partial charge in [0.1, 0.15) is 9.88 Å². The Balaban J connectivity index is 2.42. The molecule has 0 aliphatic rings. The van der Waals surface area contributed by atoms with Gasteiger partial charge < -0.3 is 15.8 Å². The number of H-pyrrole nitrogens is 1. The van der Waals surface area contributed by atoms with E-state index < -0.39 is 5.97 Å². The number of aromatic carboxylic acids is 1. The van der Waals surface area contributed by atoms with Crippen LogP contribution in [0.15, 0.2) is 12.5 Å². The molecule has 0 aliphatic heterocycles. The third-order valence-corrected chi connectivity index (χ3v) is 3.12. The van der Waals surface area contributed by atoms with E-state index in [0.29, 0.717) is 23.7 Å². The molecule has 7 heteroatoms. The molecule has 0 aliphatic carbocycles. The second-order valence-electron chi connectivity index (χ2n) is 3.10. The van der Waals surface area contributed by atoms with Crippen LogP contribution in [0.3, 0.4) is 0 Å². The summed E-state index contributed by atoms with van der Waals surface area (Å²) in [6.07, 6.45) is 3.60. The molecule has 0 bridgehead atoms. The Morgan fingerprint density at radius 1 is 1.62 bits per heavy atom. The van der Waals surface area contributed by atoms with Crippen LogP contribution >= 0.6 is 11.3 Å². The van der Waals surface area contributed by atoms with E-state index in [2.05, 4.69) is 15.0 Å². The first-order valence-corrected chi connectivity index (χ1v) is 5.46. The van der Waals surface area contributed by atoms with Gasteiger partial charge in [0.15, 0.2) is 0 Å². The summed E-state index contributed by atoms with van der Waals surface area (Å²) in [6.45, 7) is 0.381. The first-order valence-electron chi connectivity index (χ1n) is 4.64. The Kier molecular flexibility index (Phi) is 2.97. The van der Waals surface area contributed by atoms with Crippen molar-refractivity contribution in [3.05, 3.63) is 23.1 Å². The molecule has 0 atom stereocenters. The first kappa shape index (κ1) is 10.8. The SMILES string of the molecule is NCCc1nc(-c2cnc[nH]2)sc1C(=O)O. The van der Waals surface area contributed by atoms with Crippen molar-refractivity contribution in [3.8, 4) is 10.7 Å². The number of imidazole rings is 1. The highest BCUT2D eigenvalue weighted by Crippen LogP contribution is 2.26. The Bertz CT molecular complexity index is 492. The Hall–Kier alpha value is -1.73. The summed E-state index contributed by atoms with van der Waals surface area (Å²) in [5, 5.41) is 9.63.